The van der Waals surface area contributed by atoms with Gasteiger partial charge in [0.25, 0.3) is 5.22 Å². The topological polar surface area (TPSA) is 77.8 Å². The van der Waals surface area contributed by atoms with E-state index in [0.29, 0.717) is 10.9 Å². The molecule has 0 aliphatic heterocycles. The van der Waals surface area contributed by atoms with E-state index in [1.54, 1.807) is 6.33 Å². The molecule has 4 rings (SSSR count). The van der Waals surface area contributed by atoms with Gasteiger partial charge in [0.1, 0.15) is 16.9 Å². The first kappa shape index (κ1) is 12.6. The number of nitrogens with zero attached hydrogens (tertiary/aromatic N) is 3. The molecule has 0 saturated carbocycles. The Bertz CT molecular complexity index is 815. The highest BCUT2D eigenvalue weighted by molar-refractivity contribution is 7.99. The normalized spacial score (nSPS) is 14.3. The standard InChI is InChI=1S/C15H14N4OS/c16-9-5-6-13-12(7-9)19-15(20-13)21-14-10-3-1-2-4-11(10)17-8-18-14/h5-8H,1-4,16H2. The Morgan fingerprint density at radius 1 is 1.14 bits per heavy atom. The maximum absolute atomic E-state index is 5.77. The number of aromatic nitrogens is 3. The number of nitrogen functional groups attached to an aromatic ring is 1. The van der Waals surface area contributed by atoms with Gasteiger partial charge in [-0.2, -0.15) is 0 Å². The first-order chi connectivity index (χ1) is 10.3. The Morgan fingerprint density at radius 2 is 2.05 bits per heavy atom. The fourth-order valence-electron chi connectivity index (χ4n) is 2.63. The van der Waals surface area contributed by atoms with Gasteiger partial charge in [0.05, 0.1) is 0 Å². The van der Waals surface area contributed by atoms with E-state index in [0.717, 1.165) is 29.0 Å². The number of anilines is 1. The third-order valence-corrected chi connectivity index (χ3v) is 4.56. The van der Waals surface area contributed by atoms with E-state index in [4.69, 9.17) is 10.2 Å². The SMILES string of the molecule is Nc1ccc2oc(Sc3ncnc4c3CCCC4)nc2c1. The highest BCUT2D eigenvalue weighted by Crippen LogP contribution is 2.34. The van der Waals surface area contributed by atoms with Crippen molar-refractivity contribution < 1.29 is 4.42 Å². The zero-order valence-corrected chi connectivity index (χ0v) is 12.2. The summed E-state index contributed by atoms with van der Waals surface area (Å²) in [6.07, 6.45) is 6.10. The molecule has 0 spiro atoms. The van der Waals surface area contributed by atoms with Gasteiger partial charge < -0.3 is 10.2 Å². The summed E-state index contributed by atoms with van der Waals surface area (Å²) in [5, 5.41) is 1.56. The number of nitrogens with two attached hydrogens (primary N) is 1. The molecule has 0 fully saturated rings. The van der Waals surface area contributed by atoms with Crippen molar-refractivity contribution in [3.05, 3.63) is 35.8 Å². The van der Waals surface area contributed by atoms with Gasteiger partial charge in [-0.3, -0.25) is 0 Å². The van der Waals surface area contributed by atoms with Gasteiger partial charge in [-0.1, -0.05) is 0 Å². The smallest absolute Gasteiger partial charge is 0.263 e. The molecular formula is C15H14N4OS. The van der Waals surface area contributed by atoms with Crippen LogP contribution in [0, 0.1) is 0 Å². The second-order valence-corrected chi connectivity index (χ2v) is 6.06. The van der Waals surface area contributed by atoms with Crippen LogP contribution in [0.4, 0.5) is 5.69 Å². The third kappa shape index (κ3) is 2.35. The molecule has 2 aromatic heterocycles. The predicted octanol–water partition coefficient (Wildman–Crippen LogP) is 3.23. The first-order valence-corrected chi connectivity index (χ1v) is 7.78. The summed E-state index contributed by atoms with van der Waals surface area (Å²) >= 11 is 1.46. The average molecular weight is 298 g/mol. The third-order valence-electron chi connectivity index (χ3n) is 3.66. The number of aryl methyl sites for hydroxylation is 1. The number of hydrogen-bond acceptors (Lipinski definition) is 6. The Labute approximate surface area is 126 Å². The van der Waals surface area contributed by atoms with Crippen LogP contribution < -0.4 is 5.73 Å². The van der Waals surface area contributed by atoms with Crippen LogP contribution in [-0.4, -0.2) is 15.0 Å². The van der Waals surface area contributed by atoms with Gasteiger partial charge in [-0.15, -0.1) is 0 Å². The molecule has 0 unspecified atom stereocenters. The minimum Gasteiger partial charge on any atom is -0.431 e. The largest absolute Gasteiger partial charge is 0.431 e. The van der Waals surface area contributed by atoms with Crippen LogP contribution in [0.2, 0.25) is 0 Å². The predicted molar refractivity (Wildman–Crippen MR) is 81.2 cm³/mol. The molecular weight excluding hydrogens is 284 g/mol. The second kappa shape index (κ2) is 5.04. The molecule has 2 N–H and O–H groups in total. The number of benzene rings is 1. The highest BCUT2D eigenvalue weighted by atomic mass is 32.2. The van der Waals surface area contributed by atoms with Crippen LogP contribution in [0.1, 0.15) is 24.1 Å². The quantitative estimate of drug-likeness (QED) is 0.578. The molecule has 3 aromatic rings. The van der Waals surface area contributed by atoms with Crippen molar-refractivity contribution in [3.63, 3.8) is 0 Å². The van der Waals surface area contributed by atoms with Crippen molar-refractivity contribution in [2.45, 2.75) is 35.9 Å². The first-order valence-electron chi connectivity index (χ1n) is 6.96. The summed E-state index contributed by atoms with van der Waals surface area (Å²) in [5.74, 6) is 0. The lowest BCUT2D eigenvalue weighted by atomic mass is 9.98. The second-order valence-electron chi connectivity index (χ2n) is 5.12. The summed E-state index contributed by atoms with van der Waals surface area (Å²) in [5.41, 5.74) is 10.4. The van der Waals surface area contributed by atoms with E-state index in [2.05, 4.69) is 15.0 Å². The zero-order valence-electron chi connectivity index (χ0n) is 11.4. The lowest BCUT2D eigenvalue weighted by Gasteiger charge is -2.15. The van der Waals surface area contributed by atoms with Crippen molar-refractivity contribution in [1.29, 1.82) is 0 Å². The number of fused-ring (bicyclic) bond motifs is 2. The van der Waals surface area contributed by atoms with Gasteiger partial charge in [-0.05, 0) is 55.6 Å². The molecule has 6 heteroatoms. The number of oxazole rings is 1. The summed E-state index contributed by atoms with van der Waals surface area (Å²) < 4.78 is 5.75. The van der Waals surface area contributed by atoms with Gasteiger partial charge in [0, 0.05) is 16.9 Å². The van der Waals surface area contributed by atoms with Gasteiger partial charge in [0.15, 0.2) is 5.58 Å². The van der Waals surface area contributed by atoms with Crippen molar-refractivity contribution in [2.24, 2.45) is 0 Å². The summed E-state index contributed by atoms with van der Waals surface area (Å²) in [7, 11) is 0. The van der Waals surface area contributed by atoms with E-state index < -0.39 is 0 Å². The van der Waals surface area contributed by atoms with Crippen LogP contribution in [0.15, 0.2) is 39.2 Å². The molecule has 0 bridgehead atoms. The van der Waals surface area contributed by atoms with E-state index >= 15 is 0 Å². The van der Waals surface area contributed by atoms with Gasteiger partial charge in [-0.25, -0.2) is 15.0 Å². The summed E-state index contributed by atoms with van der Waals surface area (Å²) in [4.78, 5) is 13.3. The molecule has 0 radical (unpaired) electrons. The van der Waals surface area contributed by atoms with Crippen LogP contribution in [0.25, 0.3) is 11.1 Å². The molecule has 0 amide bonds. The number of hydrogen-bond donors (Lipinski definition) is 1. The van der Waals surface area contributed by atoms with Crippen molar-refractivity contribution in [1.82, 2.24) is 15.0 Å². The highest BCUT2D eigenvalue weighted by Gasteiger charge is 2.18. The fraction of sp³-hybridized carbons (Fsp3) is 0.267. The van der Waals surface area contributed by atoms with Crippen LogP contribution in [-0.2, 0) is 12.8 Å². The van der Waals surface area contributed by atoms with Crippen molar-refractivity contribution >= 4 is 28.5 Å². The molecule has 2 heterocycles. The molecule has 1 aliphatic carbocycles. The van der Waals surface area contributed by atoms with E-state index in [1.807, 2.05) is 18.2 Å². The Kier molecular flexibility index (Phi) is 3.03. The van der Waals surface area contributed by atoms with Gasteiger partial charge in [0.2, 0.25) is 0 Å². The summed E-state index contributed by atoms with van der Waals surface area (Å²) in [6.45, 7) is 0. The molecule has 21 heavy (non-hydrogen) atoms. The lowest BCUT2D eigenvalue weighted by molar-refractivity contribution is 0.489. The maximum Gasteiger partial charge on any atom is 0.263 e. The lowest BCUT2D eigenvalue weighted by Crippen LogP contribution is -2.07. The van der Waals surface area contributed by atoms with Gasteiger partial charge >= 0.3 is 0 Å². The van der Waals surface area contributed by atoms with Crippen molar-refractivity contribution in [3.8, 4) is 0 Å². The maximum atomic E-state index is 5.77. The zero-order chi connectivity index (χ0) is 14.2. The van der Waals surface area contributed by atoms with E-state index in [1.165, 1.54) is 35.9 Å². The fourth-order valence-corrected chi connectivity index (χ4v) is 3.51. The minimum absolute atomic E-state index is 0.599. The molecule has 5 nitrogen and oxygen atoms in total. The van der Waals surface area contributed by atoms with Crippen LogP contribution in [0.3, 0.4) is 0 Å². The Morgan fingerprint density at radius 3 is 3.00 bits per heavy atom. The molecule has 106 valence electrons. The van der Waals surface area contributed by atoms with Crippen LogP contribution >= 0.6 is 11.8 Å². The Hall–Kier alpha value is -2.08. The Balaban J connectivity index is 1.71. The molecule has 0 saturated heterocycles. The molecule has 0 atom stereocenters. The van der Waals surface area contributed by atoms with Crippen LogP contribution in [0.5, 0.6) is 0 Å². The number of rotatable bonds is 2. The minimum atomic E-state index is 0.599. The summed E-state index contributed by atoms with van der Waals surface area (Å²) in [6, 6.07) is 5.48. The average Bonchev–Trinajstić information content (AvgIpc) is 2.89. The van der Waals surface area contributed by atoms with E-state index in [-0.39, 0.29) is 0 Å². The van der Waals surface area contributed by atoms with E-state index in [9.17, 15) is 0 Å². The molecule has 1 aromatic carbocycles. The monoisotopic (exact) mass is 298 g/mol. The molecule has 1 aliphatic rings. The van der Waals surface area contributed by atoms with Crippen molar-refractivity contribution in [2.75, 3.05) is 5.73 Å².